The number of rotatable bonds is 4. The number of carbonyl (C=O) groups is 1. The van der Waals surface area contributed by atoms with Gasteiger partial charge in [0, 0.05) is 12.1 Å². The van der Waals surface area contributed by atoms with Gasteiger partial charge in [0.25, 0.3) is 5.91 Å². The molecule has 2 heterocycles. The minimum absolute atomic E-state index is 0.192. The smallest absolute Gasteiger partial charge is 0.256 e. The van der Waals surface area contributed by atoms with Crippen LogP contribution < -0.4 is 5.32 Å². The largest absolute Gasteiger partial charge is 0.319 e. The minimum Gasteiger partial charge on any atom is -0.319 e. The Morgan fingerprint density at radius 3 is 2.55 bits per heavy atom. The Hall–Kier alpha value is -3.68. The van der Waals surface area contributed by atoms with Crippen LogP contribution in [0.3, 0.4) is 0 Å². The predicted molar refractivity (Wildman–Crippen MR) is 103 cm³/mol. The summed E-state index contributed by atoms with van der Waals surface area (Å²) < 4.78 is 42.3. The van der Waals surface area contributed by atoms with Crippen LogP contribution in [0.15, 0.2) is 54.7 Å². The Balaban J connectivity index is 1.83. The van der Waals surface area contributed by atoms with Gasteiger partial charge in [0.1, 0.15) is 0 Å². The molecule has 0 aliphatic rings. The molecule has 146 valence electrons. The fourth-order valence-corrected chi connectivity index (χ4v) is 3.04. The fraction of sp³-hybridized carbons (Fsp3) is 0.0952. The van der Waals surface area contributed by atoms with E-state index in [0.717, 1.165) is 17.7 Å². The monoisotopic (exact) mass is 396 g/mol. The molecule has 0 aliphatic carbocycles. The number of nitrogens with zero attached hydrogens (tertiary/aromatic N) is 3. The number of carbonyl (C=O) groups excluding carboxylic acids is 1. The van der Waals surface area contributed by atoms with Crippen LogP contribution in [0.2, 0.25) is 0 Å². The van der Waals surface area contributed by atoms with E-state index in [0.29, 0.717) is 23.3 Å². The number of nitrogens with one attached hydrogen (secondary N) is 1. The Bertz CT molecular complexity index is 1220. The van der Waals surface area contributed by atoms with E-state index in [-0.39, 0.29) is 5.56 Å². The number of fused-ring (bicyclic) bond motifs is 1. The molecule has 1 N–H and O–H groups in total. The maximum Gasteiger partial charge on any atom is 0.256 e. The van der Waals surface area contributed by atoms with Gasteiger partial charge in [0.05, 0.1) is 28.5 Å². The minimum atomic E-state index is -1.65. The van der Waals surface area contributed by atoms with E-state index in [2.05, 4.69) is 15.4 Å². The van der Waals surface area contributed by atoms with Gasteiger partial charge in [-0.25, -0.2) is 22.8 Å². The molecule has 2 aromatic heterocycles. The first-order valence-electron chi connectivity index (χ1n) is 8.86. The Morgan fingerprint density at radius 1 is 1.07 bits per heavy atom. The molecule has 5 nitrogen and oxygen atoms in total. The van der Waals surface area contributed by atoms with Crippen molar-refractivity contribution in [1.82, 2.24) is 14.8 Å². The van der Waals surface area contributed by atoms with E-state index in [1.807, 2.05) is 37.3 Å². The highest BCUT2D eigenvalue weighted by Crippen LogP contribution is 2.27. The molecule has 2 aromatic carbocycles. The van der Waals surface area contributed by atoms with Gasteiger partial charge in [0.15, 0.2) is 23.1 Å². The molecular formula is C21H15F3N4O. The highest BCUT2D eigenvalue weighted by Gasteiger charge is 2.20. The number of hydrogen-bond acceptors (Lipinski definition) is 3. The lowest BCUT2D eigenvalue weighted by Crippen LogP contribution is -2.15. The van der Waals surface area contributed by atoms with E-state index >= 15 is 0 Å². The van der Waals surface area contributed by atoms with E-state index < -0.39 is 29.0 Å². The molecule has 4 aromatic rings. The summed E-state index contributed by atoms with van der Waals surface area (Å²) in [7, 11) is 0. The van der Waals surface area contributed by atoms with Crippen molar-refractivity contribution in [2.45, 2.75) is 13.5 Å². The van der Waals surface area contributed by atoms with Gasteiger partial charge in [-0.3, -0.25) is 4.79 Å². The molecule has 0 aliphatic heterocycles. The lowest BCUT2D eigenvalue weighted by Gasteiger charge is -2.10. The Morgan fingerprint density at radius 2 is 1.83 bits per heavy atom. The first-order valence-corrected chi connectivity index (χ1v) is 8.86. The first kappa shape index (κ1) is 18.7. The molecule has 1 amide bonds. The van der Waals surface area contributed by atoms with Crippen LogP contribution >= 0.6 is 0 Å². The zero-order valence-electron chi connectivity index (χ0n) is 15.3. The van der Waals surface area contributed by atoms with Crippen molar-refractivity contribution in [3.05, 3.63) is 77.7 Å². The van der Waals surface area contributed by atoms with Crippen molar-refractivity contribution in [2.24, 2.45) is 0 Å². The summed E-state index contributed by atoms with van der Waals surface area (Å²) in [5.41, 5.74) is 1.54. The van der Waals surface area contributed by atoms with Crippen LogP contribution in [0.4, 0.5) is 18.9 Å². The van der Waals surface area contributed by atoms with Crippen LogP contribution in [0.5, 0.6) is 0 Å². The molecule has 0 unspecified atom stereocenters. The molecule has 4 rings (SSSR count). The molecule has 0 spiro atoms. The third-order valence-electron chi connectivity index (χ3n) is 4.51. The maximum absolute atomic E-state index is 14.0. The third kappa shape index (κ3) is 3.33. The molecule has 0 saturated carbocycles. The molecule has 0 radical (unpaired) electrons. The Labute approximate surface area is 163 Å². The summed E-state index contributed by atoms with van der Waals surface area (Å²) in [6, 6.07) is 12.5. The molecule has 0 atom stereocenters. The maximum atomic E-state index is 14.0. The lowest BCUT2D eigenvalue weighted by molar-refractivity contribution is 0.102. The number of halogens is 3. The summed E-state index contributed by atoms with van der Waals surface area (Å²) in [4.78, 5) is 17.5. The predicted octanol–water partition coefficient (Wildman–Crippen LogP) is 4.79. The second-order valence-electron chi connectivity index (χ2n) is 6.30. The fourth-order valence-electron chi connectivity index (χ4n) is 3.04. The number of hydrogen-bond donors (Lipinski definition) is 1. The van der Waals surface area contributed by atoms with E-state index in [9.17, 15) is 18.0 Å². The second kappa shape index (κ2) is 7.38. The number of aryl methyl sites for hydroxylation is 1. The molecule has 0 saturated heterocycles. The highest BCUT2D eigenvalue weighted by molar-refractivity contribution is 6.12. The van der Waals surface area contributed by atoms with Crippen molar-refractivity contribution >= 4 is 22.6 Å². The van der Waals surface area contributed by atoms with Gasteiger partial charge < -0.3 is 5.32 Å². The van der Waals surface area contributed by atoms with Crippen molar-refractivity contribution in [3.63, 3.8) is 0 Å². The second-order valence-corrected chi connectivity index (χ2v) is 6.30. The van der Waals surface area contributed by atoms with Gasteiger partial charge in [-0.15, -0.1) is 0 Å². The summed E-state index contributed by atoms with van der Waals surface area (Å²) in [5, 5.41) is 7.00. The molecule has 0 bridgehead atoms. The van der Waals surface area contributed by atoms with Crippen LogP contribution in [-0.2, 0) is 6.54 Å². The number of pyridine rings is 1. The van der Waals surface area contributed by atoms with Gasteiger partial charge in [-0.2, -0.15) is 5.10 Å². The summed E-state index contributed by atoms with van der Waals surface area (Å²) in [6.07, 6.45) is 1.50. The molecule has 8 heteroatoms. The van der Waals surface area contributed by atoms with E-state index in [4.69, 9.17) is 0 Å². The topological polar surface area (TPSA) is 59.8 Å². The standard InChI is InChI=1S/C21H15F3N4O/c1-2-28-20-14(11-25-28)13(10-17(26-20)12-6-4-3-5-7-12)21(29)27-16-9-8-15(22)18(23)19(16)24/h3-11H,2H2,1H3,(H,27,29). The number of anilines is 1. The quantitative estimate of drug-likeness (QED) is 0.505. The van der Waals surface area contributed by atoms with E-state index in [1.54, 1.807) is 10.7 Å². The summed E-state index contributed by atoms with van der Waals surface area (Å²) in [5.74, 6) is -5.12. The van der Waals surface area contributed by atoms with E-state index in [1.165, 1.54) is 6.20 Å². The zero-order chi connectivity index (χ0) is 20.5. The third-order valence-corrected chi connectivity index (χ3v) is 4.51. The van der Waals surface area contributed by atoms with Gasteiger partial charge in [0.2, 0.25) is 0 Å². The number of amides is 1. The summed E-state index contributed by atoms with van der Waals surface area (Å²) in [6.45, 7) is 2.42. The number of aromatic nitrogens is 3. The average Bonchev–Trinajstić information content (AvgIpc) is 3.17. The first-order chi connectivity index (χ1) is 14.0. The van der Waals surface area contributed by atoms with Gasteiger partial charge >= 0.3 is 0 Å². The SMILES string of the molecule is CCn1ncc2c(C(=O)Nc3ccc(F)c(F)c3F)cc(-c3ccccc3)nc21. The number of benzene rings is 2. The molecular weight excluding hydrogens is 381 g/mol. The Kier molecular flexibility index (Phi) is 4.75. The van der Waals surface area contributed by atoms with Crippen molar-refractivity contribution < 1.29 is 18.0 Å². The van der Waals surface area contributed by atoms with Crippen LogP contribution in [0, 0.1) is 17.5 Å². The lowest BCUT2D eigenvalue weighted by atomic mass is 10.1. The molecule has 0 fully saturated rings. The van der Waals surface area contributed by atoms with Gasteiger partial charge in [-0.05, 0) is 25.1 Å². The van der Waals surface area contributed by atoms with Crippen molar-refractivity contribution in [1.29, 1.82) is 0 Å². The highest BCUT2D eigenvalue weighted by atomic mass is 19.2. The van der Waals surface area contributed by atoms with Crippen molar-refractivity contribution in [2.75, 3.05) is 5.32 Å². The van der Waals surface area contributed by atoms with Gasteiger partial charge in [-0.1, -0.05) is 30.3 Å². The van der Waals surface area contributed by atoms with Crippen LogP contribution in [0.1, 0.15) is 17.3 Å². The van der Waals surface area contributed by atoms with Crippen LogP contribution in [-0.4, -0.2) is 20.7 Å². The van der Waals surface area contributed by atoms with Crippen LogP contribution in [0.25, 0.3) is 22.3 Å². The van der Waals surface area contributed by atoms with Crippen molar-refractivity contribution in [3.8, 4) is 11.3 Å². The average molecular weight is 396 g/mol. The summed E-state index contributed by atoms with van der Waals surface area (Å²) >= 11 is 0. The molecule has 29 heavy (non-hydrogen) atoms. The zero-order valence-corrected chi connectivity index (χ0v) is 15.3. The normalized spacial score (nSPS) is 11.0.